The molecule has 0 saturated carbocycles. The zero-order valence-corrected chi connectivity index (χ0v) is 24.8. The van der Waals surface area contributed by atoms with Gasteiger partial charge in [-0.15, -0.1) is 31.7 Å². The van der Waals surface area contributed by atoms with Gasteiger partial charge >= 0.3 is 12.5 Å². The first-order valence-corrected chi connectivity index (χ1v) is 14.0. The van der Waals surface area contributed by atoms with Crippen LogP contribution in [0, 0.1) is 23.5 Å². The maximum atomic E-state index is 15.0. The molecule has 1 heterocycles. The Morgan fingerprint density at radius 1 is 0.791 bits per heavy atom. The van der Waals surface area contributed by atoms with Crippen molar-refractivity contribution in [3.8, 4) is 34.6 Å². The first kappa shape index (κ1) is 32.3. The van der Waals surface area contributed by atoms with Crippen LogP contribution in [0.15, 0.2) is 66.9 Å². The summed E-state index contributed by atoms with van der Waals surface area (Å²) in [5.41, 5.74) is 2.38. The number of pyridine rings is 1. The van der Waals surface area contributed by atoms with E-state index in [-0.39, 0.29) is 16.9 Å². The van der Waals surface area contributed by atoms with Gasteiger partial charge in [-0.25, -0.2) is 8.78 Å². The number of benzene rings is 3. The second-order valence-electron chi connectivity index (χ2n) is 9.39. The fourth-order valence-electron chi connectivity index (χ4n) is 4.07. The molecule has 4 rings (SSSR count). The average Bonchev–Trinajstić information content (AvgIpc) is 2.92. The Balaban J connectivity index is 1.50. The van der Waals surface area contributed by atoms with Crippen molar-refractivity contribution >= 4 is 29.1 Å². The van der Waals surface area contributed by atoms with Crippen LogP contribution in [0.3, 0.4) is 0 Å². The summed E-state index contributed by atoms with van der Waals surface area (Å²) in [7, 11) is 3.70. The fraction of sp³-hybridized carbons (Fsp3) is 0.194. The molecule has 0 aliphatic heterocycles. The van der Waals surface area contributed by atoms with Crippen LogP contribution in [0.1, 0.15) is 42.0 Å². The van der Waals surface area contributed by atoms with Gasteiger partial charge in [-0.3, -0.25) is 4.98 Å². The highest BCUT2D eigenvalue weighted by molar-refractivity contribution is 7.28. The third-order valence-electron chi connectivity index (χ3n) is 6.10. The Hall–Kier alpha value is -3.66. The van der Waals surface area contributed by atoms with Crippen LogP contribution in [0.5, 0.6) is 11.5 Å². The normalized spacial score (nSPS) is 11.6. The largest absolute Gasteiger partial charge is 0.573 e. The summed E-state index contributed by atoms with van der Waals surface area (Å²) in [5.74, 6) is 0.567. The van der Waals surface area contributed by atoms with E-state index in [0.29, 0.717) is 11.6 Å². The van der Waals surface area contributed by atoms with E-state index in [0.717, 1.165) is 36.6 Å². The van der Waals surface area contributed by atoms with E-state index in [9.17, 15) is 30.7 Å². The molecule has 12 heteroatoms. The quantitative estimate of drug-likeness (QED) is 0.112. The molecule has 0 radical (unpaired) electrons. The molecule has 4 aromatic rings. The molecule has 1 aromatic heterocycles. The molecule has 0 saturated heterocycles. The Bertz CT molecular complexity index is 1620. The SMILES string of the molecule is CCCCc1ccc(-c2ccc(C#Cc3cc(F)c(C(F)(F)Oc4cc(F)c(OC(F)(F)F)c(P)c4)c(P)c3)cc2)nc1. The lowest BCUT2D eigenvalue weighted by Gasteiger charge is -2.21. The first-order valence-electron chi connectivity index (χ1n) is 12.8. The molecule has 0 N–H and O–H groups in total. The van der Waals surface area contributed by atoms with Gasteiger partial charge in [0.15, 0.2) is 11.6 Å². The number of aryl methyl sites for hydroxylation is 1. The molecule has 3 nitrogen and oxygen atoms in total. The molecule has 0 aliphatic rings. The zero-order valence-electron chi connectivity index (χ0n) is 22.5. The van der Waals surface area contributed by atoms with E-state index in [4.69, 9.17) is 0 Å². The van der Waals surface area contributed by atoms with Crippen molar-refractivity contribution in [2.45, 2.75) is 38.7 Å². The van der Waals surface area contributed by atoms with Crippen molar-refractivity contribution in [2.24, 2.45) is 0 Å². The Morgan fingerprint density at radius 2 is 1.49 bits per heavy atom. The van der Waals surface area contributed by atoms with Gasteiger partial charge in [0.2, 0.25) is 0 Å². The number of halogens is 7. The number of rotatable bonds is 8. The predicted octanol–water partition coefficient (Wildman–Crippen LogP) is 7.80. The predicted molar refractivity (Wildman–Crippen MR) is 157 cm³/mol. The van der Waals surface area contributed by atoms with E-state index in [1.807, 2.05) is 39.7 Å². The monoisotopic (exact) mass is 637 g/mol. The second-order valence-corrected chi connectivity index (χ2v) is 10.6. The van der Waals surface area contributed by atoms with Gasteiger partial charge in [0.25, 0.3) is 0 Å². The Labute approximate surface area is 248 Å². The van der Waals surface area contributed by atoms with Gasteiger partial charge in [-0.1, -0.05) is 43.4 Å². The fourth-order valence-corrected chi connectivity index (χ4v) is 4.92. The zero-order chi connectivity index (χ0) is 31.4. The van der Waals surface area contributed by atoms with Crippen molar-refractivity contribution in [3.05, 3.63) is 101 Å². The minimum atomic E-state index is -5.21. The van der Waals surface area contributed by atoms with Crippen LogP contribution >= 0.6 is 18.5 Å². The Kier molecular flexibility index (Phi) is 10.00. The molecule has 0 spiro atoms. The van der Waals surface area contributed by atoms with Crippen LogP contribution in [-0.4, -0.2) is 11.3 Å². The molecule has 0 amide bonds. The second kappa shape index (κ2) is 13.3. The highest BCUT2D eigenvalue weighted by atomic mass is 31.0. The average molecular weight is 637 g/mol. The lowest BCUT2D eigenvalue weighted by atomic mass is 10.1. The molecule has 43 heavy (non-hydrogen) atoms. The highest BCUT2D eigenvalue weighted by Crippen LogP contribution is 2.35. The number of hydrogen-bond donors (Lipinski definition) is 0. The summed E-state index contributed by atoms with van der Waals surface area (Å²) in [5, 5.41) is -0.827. The van der Waals surface area contributed by atoms with Crippen molar-refractivity contribution in [1.29, 1.82) is 0 Å². The van der Waals surface area contributed by atoms with Gasteiger partial charge in [-0.05, 0) is 60.1 Å². The number of nitrogens with zero attached hydrogens (tertiary/aromatic N) is 1. The number of unbranched alkanes of at least 4 members (excludes halogenated alkanes) is 1. The summed E-state index contributed by atoms with van der Waals surface area (Å²) in [6.07, 6.45) is -4.50. The smallest absolute Gasteiger partial charge is 0.429 e. The summed E-state index contributed by atoms with van der Waals surface area (Å²) >= 11 is 0. The van der Waals surface area contributed by atoms with Crippen LogP contribution in [-0.2, 0) is 12.5 Å². The molecule has 224 valence electrons. The van der Waals surface area contributed by atoms with Crippen LogP contribution < -0.4 is 20.1 Å². The summed E-state index contributed by atoms with van der Waals surface area (Å²) in [4.78, 5) is 4.51. The van der Waals surface area contributed by atoms with Gasteiger partial charge in [0.1, 0.15) is 17.1 Å². The maximum Gasteiger partial charge on any atom is 0.573 e. The van der Waals surface area contributed by atoms with Crippen LogP contribution in [0.2, 0.25) is 0 Å². The van der Waals surface area contributed by atoms with Crippen LogP contribution in [0.4, 0.5) is 30.7 Å². The standard InChI is InChI=1S/C31H24F7NO2P2/c1-2-3-4-19-9-12-25(39-17-19)21-10-7-18(8-11-21)5-6-20-13-23(32)28(26(42)14-20)30(34,35)40-22-15-24(33)29(27(43)16-22)41-31(36,37)38/h7-17H,2-4,42-43H2,1H3. The number of hydrogen-bond acceptors (Lipinski definition) is 3. The van der Waals surface area contributed by atoms with E-state index in [1.54, 1.807) is 21.4 Å². The number of alkyl halides is 5. The number of aromatic nitrogens is 1. The van der Waals surface area contributed by atoms with Crippen LogP contribution in [0.25, 0.3) is 11.3 Å². The van der Waals surface area contributed by atoms with Crippen molar-refractivity contribution in [3.63, 3.8) is 0 Å². The third kappa shape index (κ3) is 8.46. The lowest BCUT2D eigenvalue weighted by Crippen LogP contribution is -2.29. The third-order valence-corrected chi connectivity index (χ3v) is 6.98. The maximum absolute atomic E-state index is 15.0. The topological polar surface area (TPSA) is 31.4 Å². The van der Waals surface area contributed by atoms with Crippen molar-refractivity contribution in [2.75, 3.05) is 0 Å². The van der Waals surface area contributed by atoms with E-state index in [1.165, 1.54) is 11.6 Å². The van der Waals surface area contributed by atoms with Gasteiger partial charge in [0, 0.05) is 34.3 Å². The Morgan fingerprint density at radius 3 is 2.07 bits per heavy atom. The van der Waals surface area contributed by atoms with E-state index < -0.39 is 46.5 Å². The van der Waals surface area contributed by atoms with Crippen molar-refractivity contribution in [1.82, 2.24) is 4.98 Å². The molecule has 0 bridgehead atoms. The summed E-state index contributed by atoms with van der Waals surface area (Å²) in [6, 6.07) is 14.2. The molecule has 3 aromatic carbocycles. The summed E-state index contributed by atoms with van der Waals surface area (Å²) < 4.78 is 105. The van der Waals surface area contributed by atoms with Crippen molar-refractivity contribution < 1.29 is 40.2 Å². The molecule has 2 unspecified atom stereocenters. The molecule has 2 atom stereocenters. The summed E-state index contributed by atoms with van der Waals surface area (Å²) in [6.45, 7) is 2.13. The number of ether oxygens (including phenoxy) is 2. The minimum absolute atomic E-state index is 0.0994. The molecule has 0 fully saturated rings. The molecule has 0 aliphatic carbocycles. The lowest BCUT2D eigenvalue weighted by molar-refractivity contribution is -0.275. The van der Waals surface area contributed by atoms with Gasteiger partial charge in [-0.2, -0.15) is 8.78 Å². The molecular formula is C31H24F7NO2P2. The highest BCUT2D eigenvalue weighted by Gasteiger charge is 2.40. The first-order chi connectivity index (χ1) is 20.3. The minimum Gasteiger partial charge on any atom is -0.429 e. The van der Waals surface area contributed by atoms with Gasteiger partial charge in [0.05, 0.1) is 5.69 Å². The van der Waals surface area contributed by atoms with E-state index >= 15 is 0 Å². The molecular weight excluding hydrogens is 613 g/mol. The van der Waals surface area contributed by atoms with Gasteiger partial charge < -0.3 is 9.47 Å². The van der Waals surface area contributed by atoms with E-state index in [2.05, 4.69) is 33.2 Å².